The summed E-state index contributed by atoms with van der Waals surface area (Å²) in [5.41, 5.74) is 3.00. The molecule has 3 aliphatic rings. The Morgan fingerprint density at radius 2 is 1.68 bits per heavy atom. The summed E-state index contributed by atoms with van der Waals surface area (Å²) in [5, 5.41) is 0. The van der Waals surface area contributed by atoms with E-state index in [1.54, 1.807) is 0 Å². The lowest BCUT2D eigenvalue weighted by Crippen LogP contribution is -2.37. The van der Waals surface area contributed by atoms with Crippen molar-refractivity contribution >= 4 is 11.5 Å². The van der Waals surface area contributed by atoms with Gasteiger partial charge in [0.05, 0.1) is 18.3 Å². The summed E-state index contributed by atoms with van der Waals surface area (Å²) < 4.78 is 11.8. The Morgan fingerprint density at radius 3 is 2.28 bits per heavy atom. The van der Waals surface area contributed by atoms with Gasteiger partial charge in [-0.15, -0.1) is 0 Å². The predicted octanol–water partition coefficient (Wildman–Crippen LogP) is 4.25. The van der Waals surface area contributed by atoms with Crippen LogP contribution in [0.15, 0.2) is 48.1 Å². The second kappa shape index (κ2) is 5.84. The monoisotopic (exact) mass is 338 g/mol. The molecule has 0 aromatic heterocycles. The van der Waals surface area contributed by atoms with Gasteiger partial charge in [-0.25, -0.2) is 4.79 Å². The van der Waals surface area contributed by atoms with Crippen molar-refractivity contribution in [1.82, 2.24) is 0 Å². The van der Waals surface area contributed by atoms with Crippen LogP contribution < -0.4 is 0 Å². The van der Waals surface area contributed by atoms with Gasteiger partial charge in [0.1, 0.15) is 0 Å². The van der Waals surface area contributed by atoms with E-state index in [-0.39, 0.29) is 29.5 Å². The molecule has 0 heterocycles. The third kappa shape index (κ3) is 2.56. The molecule has 0 amide bonds. The van der Waals surface area contributed by atoms with Gasteiger partial charge in [-0.1, -0.05) is 42.5 Å². The first kappa shape index (κ1) is 16.6. The number of carbonyl (C=O) groups excluding carboxylic acids is 1. The molecule has 1 aromatic rings. The van der Waals surface area contributed by atoms with Crippen molar-refractivity contribution in [2.45, 2.75) is 39.4 Å². The number of carbonyl (C=O) groups is 1. The largest absolute Gasteiger partial charge is 0.463 e. The van der Waals surface area contributed by atoms with Gasteiger partial charge in [0, 0.05) is 29.2 Å². The summed E-state index contributed by atoms with van der Waals surface area (Å²) in [4.78, 5) is 12.7. The number of rotatable bonds is 4. The minimum Gasteiger partial charge on any atom is -0.463 e. The predicted molar refractivity (Wildman–Crippen MR) is 97.7 cm³/mol. The Hall–Kier alpha value is -1.87. The van der Waals surface area contributed by atoms with Crippen LogP contribution in [0.1, 0.15) is 33.3 Å². The molecule has 0 aliphatic heterocycles. The normalized spacial score (nSPS) is 32.6. The molecule has 132 valence electrons. The van der Waals surface area contributed by atoms with Crippen LogP contribution in [0.25, 0.3) is 5.57 Å². The van der Waals surface area contributed by atoms with E-state index in [0.717, 1.165) is 11.1 Å². The van der Waals surface area contributed by atoms with Crippen LogP contribution in [0.5, 0.6) is 0 Å². The third-order valence-electron chi connectivity index (χ3n) is 5.56. The van der Waals surface area contributed by atoms with E-state index in [4.69, 9.17) is 9.47 Å². The fourth-order valence-electron chi connectivity index (χ4n) is 4.85. The maximum absolute atomic E-state index is 12.7. The Morgan fingerprint density at radius 1 is 1.04 bits per heavy atom. The summed E-state index contributed by atoms with van der Waals surface area (Å²) >= 11 is 0. The van der Waals surface area contributed by atoms with E-state index in [0.29, 0.717) is 18.4 Å². The van der Waals surface area contributed by atoms with Crippen molar-refractivity contribution in [3.63, 3.8) is 0 Å². The molecule has 0 N–H and O–H groups in total. The smallest absolute Gasteiger partial charge is 0.334 e. The minimum absolute atomic E-state index is 0.153. The van der Waals surface area contributed by atoms with Crippen LogP contribution in [0.4, 0.5) is 0 Å². The van der Waals surface area contributed by atoms with Gasteiger partial charge in [-0.3, -0.25) is 0 Å². The number of fused-ring (bicyclic) bond motifs is 5. The van der Waals surface area contributed by atoms with E-state index in [9.17, 15) is 4.79 Å². The summed E-state index contributed by atoms with van der Waals surface area (Å²) in [5.74, 6) is 1.07. The number of ether oxygens (including phenoxy) is 2. The topological polar surface area (TPSA) is 35.5 Å². The van der Waals surface area contributed by atoms with Gasteiger partial charge in [-0.05, 0) is 38.8 Å². The van der Waals surface area contributed by atoms with Crippen LogP contribution >= 0.6 is 0 Å². The minimum atomic E-state index is -0.187. The average Bonchev–Trinajstić information content (AvgIpc) is 2.99. The zero-order valence-corrected chi connectivity index (χ0v) is 15.4. The molecular formula is C22H26O3. The number of hydrogen-bond donors (Lipinski definition) is 0. The SMILES string of the molecule is CCOC(=O)C1=C(c2ccccc2)[C@@H]2[C@H]3C=C[C@H]([C@@H]3OC(C)(C)C)[C@H]12. The lowest BCUT2D eigenvalue weighted by Gasteiger charge is -2.41. The highest BCUT2D eigenvalue weighted by molar-refractivity contribution is 6.03. The van der Waals surface area contributed by atoms with Gasteiger partial charge < -0.3 is 9.47 Å². The Labute approximate surface area is 149 Å². The standard InChI is InChI=1S/C22H26O3/c1-5-24-21(23)19-16(13-9-7-6-8-10-13)17-14-11-12-15(18(17)19)20(14)25-22(2,3)4/h6-12,14-15,17-18,20H,5H2,1-4H3/t14-,15+,17+,18+,20-/m1/s1. The molecule has 3 nitrogen and oxygen atoms in total. The number of allylic oxidation sites excluding steroid dienone is 1. The molecule has 1 saturated carbocycles. The molecule has 3 aliphatic carbocycles. The van der Waals surface area contributed by atoms with Gasteiger partial charge in [-0.2, -0.15) is 0 Å². The van der Waals surface area contributed by atoms with Crippen LogP contribution in [-0.2, 0) is 14.3 Å². The van der Waals surface area contributed by atoms with Gasteiger partial charge in [0.2, 0.25) is 0 Å². The van der Waals surface area contributed by atoms with Crippen LogP contribution in [0, 0.1) is 23.7 Å². The van der Waals surface area contributed by atoms with Crippen molar-refractivity contribution in [2.24, 2.45) is 23.7 Å². The average molecular weight is 338 g/mol. The Bertz CT molecular complexity index is 738. The molecule has 0 unspecified atom stereocenters. The van der Waals surface area contributed by atoms with E-state index >= 15 is 0 Å². The zero-order chi connectivity index (χ0) is 17.8. The summed E-state index contributed by atoms with van der Waals surface area (Å²) in [6.07, 6.45) is 4.71. The summed E-state index contributed by atoms with van der Waals surface area (Å²) in [7, 11) is 0. The van der Waals surface area contributed by atoms with Gasteiger partial charge >= 0.3 is 5.97 Å². The van der Waals surface area contributed by atoms with E-state index in [1.165, 1.54) is 5.57 Å². The highest BCUT2D eigenvalue weighted by Crippen LogP contribution is 2.64. The number of benzene rings is 1. The quantitative estimate of drug-likeness (QED) is 0.608. The molecule has 0 spiro atoms. The molecule has 1 fully saturated rings. The maximum Gasteiger partial charge on any atom is 0.334 e. The molecule has 4 rings (SSSR count). The lowest BCUT2D eigenvalue weighted by molar-refractivity contribution is -0.139. The Balaban J connectivity index is 1.72. The second-order valence-corrected chi connectivity index (χ2v) is 8.20. The van der Waals surface area contributed by atoms with Crippen molar-refractivity contribution in [1.29, 1.82) is 0 Å². The van der Waals surface area contributed by atoms with Gasteiger partial charge in [0.25, 0.3) is 0 Å². The summed E-state index contributed by atoms with van der Waals surface area (Å²) in [6.45, 7) is 8.58. The molecule has 0 radical (unpaired) electrons. The fraction of sp³-hybridized carbons (Fsp3) is 0.500. The first-order valence-electron chi connectivity index (χ1n) is 9.25. The molecule has 1 aromatic carbocycles. The van der Waals surface area contributed by atoms with Crippen LogP contribution in [0.3, 0.4) is 0 Å². The second-order valence-electron chi connectivity index (χ2n) is 8.20. The van der Waals surface area contributed by atoms with E-state index in [1.807, 2.05) is 25.1 Å². The van der Waals surface area contributed by atoms with Crippen molar-refractivity contribution in [3.8, 4) is 0 Å². The highest BCUT2D eigenvalue weighted by Gasteiger charge is 2.62. The van der Waals surface area contributed by atoms with Gasteiger partial charge in [0.15, 0.2) is 0 Å². The summed E-state index contributed by atoms with van der Waals surface area (Å²) in [6, 6.07) is 10.3. The zero-order valence-electron chi connectivity index (χ0n) is 15.4. The molecule has 2 bridgehead atoms. The lowest BCUT2D eigenvalue weighted by atomic mass is 9.61. The highest BCUT2D eigenvalue weighted by atomic mass is 16.5. The van der Waals surface area contributed by atoms with E-state index in [2.05, 4.69) is 45.1 Å². The number of hydrogen-bond acceptors (Lipinski definition) is 3. The first-order chi connectivity index (χ1) is 11.9. The van der Waals surface area contributed by atoms with Crippen molar-refractivity contribution < 1.29 is 14.3 Å². The maximum atomic E-state index is 12.7. The molecule has 5 atom stereocenters. The Kier molecular flexibility index (Phi) is 3.88. The van der Waals surface area contributed by atoms with Crippen molar-refractivity contribution in [3.05, 3.63) is 53.6 Å². The third-order valence-corrected chi connectivity index (χ3v) is 5.56. The molecular weight excluding hydrogens is 312 g/mol. The van der Waals surface area contributed by atoms with Crippen LogP contribution in [-0.4, -0.2) is 24.3 Å². The van der Waals surface area contributed by atoms with Crippen molar-refractivity contribution in [2.75, 3.05) is 6.61 Å². The molecule has 3 heteroatoms. The number of esters is 1. The van der Waals surface area contributed by atoms with E-state index < -0.39 is 0 Å². The van der Waals surface area contributed by atoms with Crippen LogP contribution in [0.2, 0.25) is 0 Å². The molecule has 25 heavy (non-hydrogen) atoms. The fourth-order valence-corrected chi connectivity index (χ4v) is 4.85. The first-order valence-corrected chi connectivity index (χ1v) is 9.25. The molecule has 0 saturated heterocycles.